The normalized spacial score (nSPS) is 21.4. The summed E-state index contributed by atoms with van der Waals surface area (Å²) in [5, 5.41) is 12.6. The van der Waals surface area contributed by atoms with E-state index in [0.717, 1.165) is 15.4 Å². The lowest BCUT2D eigenvalue weighted by Crippen LogP contribution is -2.46. The molecule has 1 aromatic heterocycles. The SMILES string of the molecule is O=C(NC1CC(C(=O)O)C1)c1cc2cc(Br)ccc2[nH]1. The van der Waals surface area contributed by atoms with Crippen molar-refractivity contribution in [1.82, 2.24) is 10.3 Å². The molecule has 0 saturated heterocycles. The summed E-state index contributed by atoms with van der Waals surface area (Å²) in [6, 6.07) is 7.50. The van der Waals surface area contributed by atoms with Crippen LogP contribution in [0.4, 0.5) is 0 Å². The molecule has 0 aliphatic heterocycles. The van der Waals surface area contributed by atoms with Gasteiger partial charge in [-0.3, -0.25) is 9.59 Å². The number of halogens is 1. The van der Waals surface area contributed by atoms with Crippen molar-refractivity contribution in [3.05, 3.63) is 34.4 Å². The largest absolute Gasteiger partial charge is 0.481 e. The molecule has 0 bridgehead atoms. The van der Waals surface area contributed by atoms with Gasteiger partial charge in [0, 0.05) is 21.4 Å². The van der Waals surface area contributed by atoms with E-state index in [-0.39, 0.29) is 17.9 Å². The molecule has 1 fully saturated rings. The van der Waals surface area contributed by atoms with E-state index in [4.69, 9.17) is 5.11 Å². The van der Waals surface area contributed by atoms with Crippen LogP contribution in [0.5, 0.6) is 0 Å². The lowest BCUT2D eigenvalue weighted by Gasteiger charge is -2.32. The second-order valence-corrected chi connectivity index (χ2v) is 6.01. The van der Waals surface area contributed by atoms with Crippen LogP contribution in [-0.2, 0) is 4.79 Å². The highest BCUT2D eigenvalue weighted by atomic mass is 79.9. The summed E-state index contributed by atoms with van der Waals surface area (Å²) in [6.07, 6.45) is 1.01. The lowest BCUT2D eigenvalue weighted by molar-refractivity contribution is -0.145. The number of carboxylic acid groups (broad SMARTS) is 1. The molecule has 5 nitrogen and oxygen atoms in total. The third kappa shape index (κ3) is 2.43. The number of amides is 1. The number of fused-ring (bicyclic) bond motifs is 1. The Labute approximate surface area is 123 Å². The first-order valence-electron chi connectivity index (χ1n) is 6.35. The fourth-order valence-electron chi connectivity index (χ4n) is 2.43. The van der Waals surface area contributed by atoms with E-state index in [2.05, 4.69) is 26.2 Å². The molecular formula is C14H13BrN2O3. The Bertz CT molecular complexity index is 689. The molecule has 2 aromatic rings. The molecule has 1 amide bonds. The summed E-state index contributed by atoms with van der Waals surface area (Å²) in [4.78, 5) is 25.8. The van der Waals surface area contributed by atoms with Crippen LogP contribution in [0, 0.1) is 5.92 Å². The van der Waals surface area contributed by atoms with E-state index >= 15 is 0 Å². The second-order valence-electron chi connectivity index (χ2n) is 5.09. The summed E-state index contributed by atoms with van der Waals surface area (Å²) >= 11 is 3.39. The van der Waals surface area contributed by atoms with Gasteiger partial charge in [0.2, 0.25) is 0 Å². The van der Waals surface area contributed by atoms with Crippen molar-refractivity contribution in [3.63, 3.8) is 0 Å². The average Bonchev–Trinajstić information content (AvgIpc) is 2.75. The quantitative estimate of drug-likeness (QED) is 0.805. The van der Waals surface area contributed by atoms with Crippen molar-refractivity contribution in [3.8, 4) is 0 Å². The van der Waals surface area contributed by atoms with Gasteiger partial charge in [0.1, 0.15) is 5.69 Å². The van der Waals surface area contributed by atoms with Crippen LogP contribution < -0.4 is 5.32 Å². The summed E-state index contributed by atoms with van der Waals surface area (Å²) in [5.74, 6) is -1.30. The van der Waals surface area contributed by atoms with Crippen LogP contribution in [-0.4, -0.2) is 28.0 Å². The van der Waals surface area contributed by atoms with Gasteiger partial charge in [0.25, 0.3) is 5.91 Å². The summed E-state index contributed by atoms with van der Waals surface area (Å²) in [7, 11) is 0. The molecule has 0 radical (unpaired) electrons. The molecular weight excluding hydrogens is 324 g/mol. The van der Waals surface area contributed by atoms with Gasteiger partial charge in [-0.25, -0.2) is 0 Å². The van der Waals surface area contributed by atoms with E-state index in [1.165, 1.54) is 0 Å². The second kappa shape index (κ2) is 4.94. The topological polar surface area (TPSA) is 82.2 Å². The highest BCUT2D eigenvalue weighted by molar-refractivity contribution is 9.10. The summed E-state index contributed by atoms with van der Waals surface area (Å²) < 4.78 is 0.958. The molecule has 0 unspecified atom stereocenters. The number of aliphatic carboxylic acids is 1. The smallest absolute Gasteiger partial charge is 0.306 e. The van der Waals surface area contributed by atoms with Gasteiger partial charge in [-0.2, -0.15) is 0 Å². The first-order chi connectivity index (χ1) is 9.52. The van der Waals surface area contributed by atoms with Crippen LogP contribution >= 0.6 is 15.9 Å². The maximum Gasteiger partial charge on any atom is 0.306 e. The fourth-order valence-corrected chi connectivity index (χ4v) is 2.81. The van der Waals surface area contributed by atoms with E-state index in [1.807, 2.05) is 18.2 Å². The van der Waals surface area contributed by atoms with Gasteiger partial charge in [-0.05, 0) is 37.1 Å². The minimum atomic E-state index is -0.786. The molecule has 1 saturated carbocycles. The minimum absolute atomic E-state index is 0.0400. The Morgan fingerprint density at radius 3 is 2.75 bits per heavy atom. The molecule has 1 aliphatic rings. The minimum Gasteiger partial charge on any atom is -0.481 e. The zero-order valence-corrected chi connectivity index (χ0v) is 12.1. The number of nitrogens with one attached hydrogen (secondary N) is 2. The third-order valence-corrected chi connectivity index (χ3v) is 4.14. The van der Waals surface area contributed by atoms with Gasteiger partial charge in [-0.1, -0.05) is 15.9 Å². The Kier molecular flexibility index (Phi) is 3.25. The van der Waals surface area contributed by atoms with Gasteiger partial charge in [0.15, 0.2) is 0 Å². The van der Waals surface area contributed by atoms with Crippen LogP contribution in [0.25, 0.3) is 10.9 Å². The van der Waals surface area contributed by atoms with Crippen LogP contribution in [0.1, 0.15) is 23.3 Å². The monoisotopic (exact) mass is 336 g/mol. The average molecular weight is 337 g/mol. The van der Waals surface area contributed by atoms with Gasteiger partial charge in [-0.15, -0.1) is 0 Å². The van der Waals surface area contributed by atoms with Gasteiger partial charge >= 0.3 is 5.97 Å². The van der Waals surface area contributed by atoms with E-state index in [9.17, 15) is 9.59 Å². The standard InChI is InChI=1S/C14H13BrN2O3/c15-9-1-2-11-7(3-9)6-12(17-11)13(18)16-10-4-8(5-10)14(19)20/h1-3,6,8,10,17H,4-5H2,(H,16,18)(H,19,20). The molecule has 0 atom stereocenters. The number of hydrogen-bond donors (Lipinski definition) is 3. The maximum atomic E-state index is 12.1. The Hall–Kier alpha value is -1.82. The van der Waals surface area contributed by atoms with Crippen LogP contribution in [0.15, 0.2) is 28.7 Å². The van der Waals surface area contributed by atoms with Crippen LogP contribution in [0.2, 0.25) is 0 Å². The first-order valence-corrected chi connectivity index (χ1v) is 7.14. The predicted molar refractivity (Wildman–Crippen MR) is 77.6 cm³/mol. The molecule has 6 heteroatoms. The fraction of sp³-hybridized carbons (Fsp3) is 0.286. The highest BCUT2D eigenvalue weighted by Gasteiger charge is 2.35. The van der Waals surface area contributed by atoms with Gasteiger partial charge in [0.05, 0.1) is 5.92 Å². The number of rotatable bonds is 3. The van der Waals surface area contributed by atoms with Crippen molar-refractivity contribution in [2.24, 2.45) is 5.92 Å². The van der Waals surface area contributed by atoms with Crippen molar-refractivity contribution in [1.29, 1.82) is 0 Å². The van der Waals surface area contributed by atoms with Crippen molar-refractivity contribution in [2.75, 3.05) is 0 Å². The number of hydrogen-bond acceptors (Lipinski definition) is 2. The number of carbonyl (C=O) groups is 2. The van der Waals surface area contributed by atoms with Crippen molar-refractivity contribution >= 4 is 38.7 Å². The molecule has 0 spiro atoms. The third-order valence-electron chi connectivity index (χ3n) is 3.65. The first kappa shape index (κ1) is 13.2. The number of carboxylic acids is 1. The summed E-state index contributed by atoms with van der Waals surface area (Å²) in [5.41, 5.74) is 1.40. The number of aromatic nitrogens is 1. The van der Waals surface area contributed by atoms with Crippen molar-refractivity contribution < 1.29 is 14.7 Å². The Balaban J connectivity index is 1.69. The number of aromatic amines is 1. The van der Waals surface area contributed by atoms with Gasteiger partial charge < -0.3 is 15.4 Å². The lowest BCUT2D eigenvalue weighted by atomic mass is 9.80. The molecule has 3 rings (SSSR count). The number of H-pyrrole nitrogens is 1. The van der Waals surface area contributed by atoms with E-state index in [0.29, 0.717) is 18.5 Å². The molecule has 3 N–H and O–H groups in total. The Morgan fingerprint density at radius 1 is 1.30 bits per heavy atom. The molecule has 1 aromatic carbocycles. The summed E-state index contributed by atoms with van der Waals surface area (Å²) in [6.45, 7) is 0. The molecule has 1 aliphatic carbocycles. The Morgan fingerprint density at radius 2 is 2.05 bits per heavy atom. The molecule has 1 heterocycles. The van der Waals surface area contributed by atoms with Crippen LogP contribution in [0.3, 0.4) is 0 Å². The predicted octanol–water partition coefficient (Wildman–Crippen LogP) is 2.52. The zero-order chi connectivity index (χ0) is 14.3. The maximum absolute atomic E-state index is 12.1. The number of benzene rings is 1. The van der Waals surface area contributed by atoms with Crippen molar-refractivity contribution in [2.45, 2.75) is 18.9 Å². The van der Waals surface area contributed by atoms with E-state index < -0.39 is 5.97 Å². The molecule has 104 valence electrons. The zero-order valence-electron chi connectivity index (χ0n) is 10.5. The number of carbonyl (C=O) groups excluding carboxylic acids is 1. The molecule has 20 heavy (non-hydrogen) atoms. The van der Waals surface area contributed by atoms with E-state index in [1.54, 1.807) is 6.07 Å². The highest BCUT2D eigenvalue weighted by Crippen LogP contribution is 2.28.